The second kappa shape index (κ2) is 8.99. The quantitative estimate of drug-likeness (QED) is 0.428. The third-order valence-electron chi connectivity index (χ3n) is 4.61. The molecule has 0 fully saturated rings. The van der Waals surface area contributed by atoms with Crippen LogP contribution in [0.25, 0.3) is 22.4 Å². The number of aromatic nitrogens is 1. The number of aryl methyl sites for hydroxylation is 1. The molecule has 1 amide bonds. The molecule has 0 aliphatic carbocycles. The second-order valence-electron chi connectivity index (χ2n) is 6.90. The first-order chi connectivity index (χ1) is 14.2. The average Bonchev–Trinajstić information content (AvgIpc) is 3.11. The highest BCUT2D eigenvalue weighted by molar-refractivity contribution is 7.90. The first-order valence-corrected chi connectivity index (χ1v) is 11.4. The van der Waals surface area contributed by atoms with E-state index in [-0.39, 0.29) is 11.3 Å². The van der Waals surface area contributed by atoms with Crippen molar-refractivity contribution in [1.82, 2.24) is 10.2 Å². The summed E-state index contributed by atoms with van der Waals surface area (Å²) in [5.41, 5.74) is 2.86. The molecule has 0 saturated carbocycles. The van der Waals surface area contributed by atoms with E-state index >= 15 is 0 Å². The minimum Gasteiger partial charge on any atom is -0.360 e. The van der Waals surface area contributed by atoms with Crippen molar-refractivity contribution in [2.75, 3.05) is 13.3 Å². The Morgan fingerprint density at radius 2 is 1.70 bits per heavy atom. The van der Waals surface area contributed by atoms with Crippen molar-refractivity contribution in [3.05, 3.63) is 59.3 Å². The molecule has 1 N–H and O–H groups in total. The fourth-order valence-corrected chi connectivity index (χ4v) is 3.78. The fraction of sp³-hybridized carbons (Fsp3) is 0.238. The number of hydrogen-bond acceptors (Lipinski definition) is 6. The third kappa shape index (κ3) is 5.08. The largest absolute Gasteiger partial charge is 0.360 e. The van der Waals surface area contributed by atoms with Crippen LogP contribution < -0.4 is 0 Å². The molecule has 3 aromatic rings. The molecule has 0 spiro atoms. The van der Waals surface area contributed by atoms with Crippen LogP contribution in [-0.4, -0.2) is 43.1 Å². The van der Waals surface area contributed by atoms with E-state index in [1.807, 2.05) is 12.1 Å². The van der Waals surface area contributed by atoms with Crippen LogP contribution in [0.4, 0.5) is 0 Å². The standard InChI is InChI=1S/C21H21ClN2O5S/c1-24(26)19(25)5-3-4-18-20(14-8-12-17(13-9-14)30(2,27)28)21(23-29-18)15-6-10-16(22)11-7-15/h6-13,26H,3-5H2,1-2H3. The molecule has 0 unspecified atom stereocenters. The Labute approximate surface area is 179 Å². The Kier molecular flexibility index (Phi) is 6.60. The number of carbonyl (C=O) groups is 1. The zero-order valence-corrected chi connectivity index (χ0v) is 18.1. The maximum atomic E-state index is 11.8. The van der Waals surface area contributed by atoms with Gasteiger partial charge in [0.15, 0.2) is 9.84 Å². The number of rotatable bonds is 7. The van der Waals surface area contributed by atoms with Gasteiger partial charge in [-0.25, -0.2) is 13.5 Å². The molecule has 30 heavy (non-hydrogen) atoms. The lowest BCUT2D eigenvalue weighted by atomic mass is 9.97. The summed E-state index contributed by atoms with van der Waals surface area (Å²) >= 11 is 5.99. The summed E-state index contributed by atoms with van der Waals surface area (Å²) in [6.45, 7) is 0. The number of hydroxylamine groups is 2. The molecule has 9 heteroatoms. The molecule has 2 aromatic carbocycles. The molecule has 0 aliphatic heterocycles. The van der Waals surface area contributed by atoms with E-state index in [9.17, 15) is 18.4 Å². The smallest absolute Gasteiger partial charge is 0.245 e. The molecule has 0 atom stereocenters. The monoisotopic (exact) mass is 448 g/mol. The van der Waals surface area contributed by atoms with E-state index in [4.69, 9.17) is 16.1 Å². The van der Waals surface area contributed by atoms with Crippen LogP contribution in [0.2, 0.25) is 5.02 Å². The molecule has 0 radical (unpaired) electrons. The molecule has 158 valence electrons. The molecular weight excluding hydrogens is 428 g/mol. The zero-order valence-electron chi connectivity index (χ0n) is 16.5. The number of sulfone groups is 1. The van der Waals surface area contributed by atoms with Gasteiger partial charge in [0.25, 0.3) is 0 Å². The summed E-state index contributed by atoms with van der Waals surface area (Å²) in [4.78, 5) is 11.9. The summed E-state index contributed by atoms with van der Waals surface area (Å²) in [5, 5.41) is 14.6. The maximum absolute atomic E-state index is 11.8. The van der Waals surface area contributed by atoms with Crippen LogP contribution in [0.15, 0.2) is 57.9 Å². The van der Waals surface area contributed by atoms with Crippen LogP contribution >= 0.6 is 11.6 Å². The van der Waals surface area contributed by atoms with Crippen molar-refractivity contribution in [2.45, 2.75) is 24.2 Å². The topological polar surface area (TPSA) is 101 Å². The van der Waals surface area contributed by atoms with E-state index in [0.717, 1.165) is 22.9 Å². The molecule has 1 heterocycles. The van der Waals surface area contributed by atoms with Crippen molar-refractivity contribution < 1.29 is 22.9 Å². The first-order valence-electron chi connectivity index (χ1n) is 9.17. The van der Waals surface area contributed by atoms with Crippen LogP contribution in [0.5, 0.6) is 0 Å². The summed E-state index contributed by atoms with van der Waals surface area (Å²) < 4.78 is 29.1. The van der Waals surface area contributed by atoms with Gasteiger partial charge in [0.2, 0.25) is 5.91 Å². The van der Waals surface area contributed by atoms with Crippen LogP contribution in [0.1, 0.15) is 18.6 Å². The number of halogens is 1. The van der Waals surface area contributed by atoms with E-state index in [2.05, 4.69) is 5.16 Å². The van der Waals surface area contributed by atoms with Crippen molar-refractivity contribution in [2.24, 2.45) is 0 Å². The van der Waals surface area contributed by atoms with Gasteiger partial charge in [-0.05, 0) is 36.2 Å². The maximum Gasteiger partial charge on any atom is 0.245 e. The predicted molar refractivity (Wildman–Crippen MR) is 113 cm³/mol. The lowest BCUT2D eigenvalue weighted by molar-refractivity contribution is -0.159. The Hall–Kier alpha value is -2.68. The SMILES string of the molecule is CN(O)C(=O)CCCc1onc(-c2ccc(Cl)cc2)c1-c1ccc(S(C)(=O)=O)cc1. The zero-order chi connectivity index (χ0) is 21.9. The van der Waals surface area contributed by atoms with Gasteiger partial charge in [0.05, 0.1) is 10.5 Å². The van der Waals surface area contributed by atoms with Gasteiger partial charge in [-0.3, -0.25) is 10.0 Å². The molecule has 1 aromatic heterocycles. The normalized spacial score (nSPS) is 11.5. The molecular formula is C21H21ClN2O5S. The van der Waals surface area contributed by atoms with E-state index < -0.39 is 15.7 Å². The predicted octanol–water partition coefficient (Wildman–Crippen LogP) is 4.24. The van der Waals surface area contributed by atoms with Gasteiger partial charge in [-0.1, -0.05) is 41.0 Å². The Morgan fingerprint density at radius 1 is 1.10 bits per heavy atom. The molecule has 3 rings (SSSR count). The summed E-state index contributed by atoms with van der Waals surface area (Å²) in [7, 11) is -2.04. The highest BCUT2D eigenvalue weighted by atomic mass is 35.5. The van der Waals surface area contributed by atoms with Crippen LogP contribution in [-0.2, 0) is 21.1 Å². The summed E-state index contributed by atoms with van der Waals surface area (Å²) in [6.07, 6.45) is 2.17. The molecule has 7 nitrogen and oxygen atoms in total. The van der Waals surface area contributed by atoms with Gasteiger partial charge in [0.1, 0.15) is 11.5 Å². The van der Waals surface area contributed by atoms with Gasteiger partial charge in [-0.2, -0.15) is 0 Å². The molecule has 0 bridgehead atoms. The second-order valence-corrected chi connectivity index (χ2v) is 9.36. The Bertz CT molecular complexity index is 1140. The van der Waals surface area contributed by atoms with Gasteiger partial charge in [-0.15, -0.1) is 0 Å². The Morgan fingerprint density at radius 3 is 2.27 bits per heavy atom. The number of benzene rings is 2. The van der Waals surface area contributed by atoms with Crippen LogP contribution in [0.3, 0.4) is 0 Å². The summed E-state index contributed by atoms with van der Waals surface area (Å²) in [6, 6.07) is 13.6. The average molecular weight is 449 g/mol. The van der Waals surface area contributed by atoms with E-state index in [1.165, 1.54) is 19.2 Å². The van der Waals surface area contributed by atoms with Crippen molar-refractivity contribution >= 4 is 27.3 Å². The van der Waals surface area contributed by atoms with E-state index in [0.29, 0.717) is 34.4 Å². The minimum atomic E-state index is -3.32. The molecule has 0 saturated heterocycles. The number of hydrogen-bond donors (Lipinski definition) is 1. The van der Waals surface area contributed by atoms with Crippen molar-refractivity contribution in [1.29, 1.82) is 0 Å². The minimum absolute atomic E-state index is 0.149. The highest BCUT2D eigenvalue weighted by Gasteiger charge is 2.20. The third-order valence-corrected chi connectivity index (χ3v) is 5.99. The van der Waals surface area contributed by atoms with Gasteiger partial charge < -0.3 is 4.52 Å². The Balaban J connectivity index is 1.99. The number of carbonyl (C=O) groups excluding carboxylic acids is 1. The van der Waals surface area contributed by atoms with Gasteiger partial charge in [0, 0.05) is 36.7 Å². The fourth-order valence-electron chi connectivity index (χ4n) is 3.03. The lowest BCUT2D eigenvalue weighted by Gasteiger charge is -2.08. The summed E-state index contributed by atoms with van der Waals surface area (Å²) in [5.74, 6) is 0.173. The lowest BCUT2D eigenvalue weighted by Crippen LogP contribution is -2.22. The number of nitrogens with zero attached hydrogens (tertiary/aromatic N) is 2. The molecule has 0 aliphatic rings. The van der Waals surface area contributed by atoms with Crippen LogP contribution in [0, 0.1) is 0 Å². The van der Waals surface area contributed by atoms with Gasteiger partial charge >= 0.3 is 0 Å². The number of amides is 1. The highest BCUT2D eigenvalue weighted by Crippen LogP contribution is 2.36. The first kappa shape index (κ1) is 22.0. The van der Waals surface area contributed by atoms with E-state index in [1.54, 1.807) is 24.3 Å². The van der Waals surface area contributed by atoms with Crippen molar-refractivity contribution in [3.63, 3.8) is 0 Å². The van der Waals surface area contributed by atoms with Crippen molar-refractivity contribution in [3.8, 4) is 22.4 Å².